The van der Waals surface area contributed by atoms with Crippen molar-refractivity contribution in [3.8, 4) is 0 Å². The van der Waals surface area contributed by atoms with Gasteiger partial charge in [0.15, 0.2) is 0 Å². The zero-order valence-corrected chi connectivity index (χ0v) is 19.1. The zero-order valence-electron chi connectivity index (χ0n) is 18.2. The molecule has 1 aromatic heterocycles. The number of rotatable bonds is 6. The predicted octanol–water partition coefficient (Wildman–Crippen LogP) is 7.26. The average molecular weight is 446 g/mol. The molecule has 2 nitrogen and oxygen atoms in total. The fourth-order valence-corrected chi connectivity index (χ4v) is 7.55. The Bertz CT molecular complexity index is 1290. The minimum atomic E-state index is -2.32. The first-order valence-electron chi connectivity index (χ1n) is 11.0. The quantitative estimate of drug-likeness (QED) is 0.253. The van der Waals surface area contributed by atoms with Crippen molar-refractivity contribution < 1.29 is 4.42 Å². The molecule has 0 aliphatic rings. The second-order valence-corrected chi connectivity index (χ2v) is 10.7. The van der Waals surface area contributed by atoms with Gasteiger partial charge < -0.3 is 4.42 Å². The molecule has 0 amide bonds. The maximum absolute atomic E-state index is 5.63. The molecule has 0 spiro atoms. The third-order valence-electron chi connectivity index (χ3n) is 5.55. The fraction of sp³-hybridized carbons (Fsp3) is 0. The van der Waals surface area contributed by atoms with Crippen molar-refractivity contribution in [2.24, 2.45) is 4.74 Å². The fourth-order valence-electron chi connectivity index (χ4n) is 3.99. The highest BCUT2D eigenvalue weighted by atomic mass is 31.2. The summed E-state index contributed by atoms with van der Waals surface area (Å²) >= 11 is 0. The molecule has 3 heteroatoms. The smallest absolute Gasteiger partial charge is 0.126 e. The van der Waals surface area contributed by atoms with E-state index in [0.717, 1.165) is 17.0 Å². The molecule has 0 aliphatic carbocycles. The van der Waals surface area contributed by atoms with Gasteiger partial charge in [-0.25, -0.2) is 0 Å². The van der Waals surface area contributed by atoms with E-state index in [1.54, 1.807) is 6.26 Å². The summed E-state index contributed by atoms with van der Waals surface area (Å²) in [5, 5.41) is 3.69. The molecule has 0 N–H and O–H groups in total. The normalized spacial score (nSPS) is 11.5. The average Bonchev–Trinajstić information content (AvgIpc) is 3.42. The topological polar surface area (TPSA) is 25.5 Å². The second kappa shape index (κ2) is 9.73. The first-order chi connectivity index (χ1) is 16.4. The summed E-state index contributed by atoms with van der Waals surface area (Å²) in [6.07, 6.45) is 5.75. The molecule has 33 heavy (non-hydrogen) atoms. The molecular weight excluding hydrogens is 421 g/mol. The summed E-state index contributed by atoms with van der Waals surface area (Å²) in [6, 6.07) is 44.2. The van der Waals surface area contributed by atoms with Gasteiger partial charge in [0.2, 0.25) is 0 Å². The summed E-state index contributed by atoms with van der Waals surface area (Å²) < 4.78 is 11.1. The van der Waals surface area contributed by atoms with Crippen LogP contribution in [-0.4, -0.2) is 0 Å². The molecule has 0 bridgehead atoms. The lowest BCUT2D eigenvalue weighted by Crippen LogP contribution is -2.25. The van der Waals surface area contributed by atoms with Crippen LogP contribution in [0.2, 0.25) is 0 Å². The van der Waals surface area contributed by atoms with E-state index < -0.39 is 7.05 Å². The zero-order chi connectivity index (χ0) is 22.3. The van der Waals surface area contributed by atoms with Gasteiger partial charge in [-0.1, -0.05) is 109 Å². The Hall–Kier alpha value is -3.87. The van der Waals surface area contributed by atoms with Crippen LogP contribution in [-0.2, 0) is 0 Å². The van der Waals surface area contributed by atoms with Gasteiger partial charge in [-0.15, -0.1) is 0 Å². The number of nitrogens with zero attached hydrogens (tertiary/aromatic N) is 1. The standard InChI is InChI=1S/C30H24NOP/c1-4-15-27(16-5-1)33(28-17-6-2-7-18-28,29-19-8-3-9-20-29)31-30-21-11-10-13-25(30)22-23-26-14-12-24-32-26/h1-24H/b23-22-. The molecule has 0 fully saturated rings. The lowest BCUT2D eigenvalue weighted by atomic mass is 10.1. The number of hydrogen-bond donors (Lipinski definition) is 0. The number of furan rings is 1. The molecule has 160 valence electrons. The van der Waals surface area contributed by atoms with Gasteiger partial charge >= 0.3 is 0 Å². The number of benzene rings is 4. The maximum Gasteiger partial charge on any atom is 0.126 e. The Morgan fingerprint density at radius 3 is 1.55 bits per heavy atom. The summed E-state index contributed by atoms with van der Waals surface area (Å²) in [4.78, 5) is 0. The van der Waals surface area contributed by atoms with E-state index in [9.17, 15) is 0 Å². The van der Waals surface area contributed by atoms with Crippen LogP contribution in [0, 0.1) is 0 Å². The van der Waals surface area contributed by atoms with E-state index in [-0.39, 0.29) is 0 Å². The first-order valence-corrected chi connectivity index (χ1v) is 12.7. The van der Waals surface area contributed by atoms with Crippen LogP contribution in [0.25, 0.3) is 12.2 Å². The van der Waals surface area contributed by atoms with Crippen molar-refractivity contribution in [2.45, 2.75) is 0 Å². The predicted molar refractivity (Wildman–Crippen MR) is 141 cm³/mol. The Morgan fingerprint density at radius 1 is 0.515 bits per heavy atom. The van der Waals surface area contributed by atoms with Crippen LogP contribution in [0.3, 0.4) is 0 Å². The minimum Gasteiger partial charge on any atom is -0.465 e. The molecule has 0 radical (unpaired) electrons. The van der Waals surface area contributed by atoms with E-state index in [0.29, 0.717) is 0 Å². The van der Waals surface area contributed by atoms with Gasteiger partial charge in [0.05, 0.1) is 19.0 Å². The van der Waals surface area contributed by atoms with Gasteiger partial charge in [0.25, 0.3) is 0 Å². The van der Waals surface area contributed by atoms with Crippen molar-refractivity contribution in [1.29, 1.82) is 0 Å². The molecule has 0 saturated heterocycles. The van der Waals surface area contributed by atoms with Gasteiger partial charge in [-0.05, 0) is 30.4 Å². The highest BCUT2D eigenvalue weighted by Crippen LogP contribution is 2.49. The van der Waals surface area contributed by atoms with E-state index in [1.807, 2.05) is 18.2 Å². The molecule has 0 saturated carbocycles. The second-order valence-electron chi connectivity index (χ2n) is 7.65. The van der Waals surface area contributed by atoms with Gasteiger partial charge in [0.1, 0.15) is 5.76 Å². The molecule has 0 atom stereocenters. The largest absolute Gasteiger partial charge is 0.465 e. The van der Waals surface area contributed by atoms with Crippen molar-refractivity contribution in [1.82, 2.24) is 0 Å². The van der Waals surface area contributed by atoms with Crippen LogP contribution in [0.15, 0.2) is 143 Å². The molecule has 5 rings (SSSR count). The van der Waals surface area contributed by atoms with Crippen molar-refractivity contribution in [3.63, 3.8) is 0 Å². The molecule has 4 aromatic carbocycles. The Labute approximate surface area is 194 Å². The monoisotopic (exact) mass is 445 g/mol. The first kappa shape index (κ1) is 21.0. The SMILES string of the molecule is C(=C/c1ccccc1N=P(c1ccccc1)(c1ccccc1)c1ccccc1)/c1ccco1. The Morgan fingerprint density at radius 2 is 1.03 bits per heavy atom. The molecule has 1 heterocycles. The third kappa shape index (κ3) is 4.39. The molecule has 0 unspecified atom stereocenters. The van der Waals surface area contributed by atoms with Crippen LogP contribution in [0.4, 0.5) is 5.69 Å². The van der Waals surface area contributed by atoms with E-state index >= 15 is 0 Å². The maximum atomic E-state index is 5.63. The summed E-state index contributed by atoms with van der Waals surface area (Å²) in [5.41, 5.74) is 2.02. The Kier molecular flexibility index (Phi) is 6.19. The molecule has 5 aromatic rings. The van der Waals surface area contributed by atoms with E-state index in [1.165, 1.54) is 15.9 Å². The van der Waals surface area contributed by atoms with Crippen LogP contribution in [0.1, 0.15) is 11.3 Å². The summed E-state index contributed by atoms with van der Waals surface area (Å²) in [5.74, 6) is 0.819. The number of hydrogen-bond acceptors (Lipinski definition) is 2. The van der Waals surface area contributed by atoms with E-state index in [4.69, 9.17) is 9.16 Å². The Balaban J connectivity index is 1.81. The third-order valence-corrected chi connectivity index (χ3v) is 9.21. The van der Waals surface area contributed by atoms with Crippen molar-refractivity contribution in [3.05, 3.63) is 145 Å². The minimum absolute atomic E-state index is 0.819. The lowest BCUT2D eigenvalue weighted by Gasteiger charge is -2.27. The van der Waals surface area contributed by atoms with Crippen molar-refractivity contribution >= 4 is 40.8 Å². The van der Waals surface area contributed by atoms with E-state index in [2.05, 4.69) is 121 Å². The van der Waals surface area contributed by atoms with Crippen LogP contribution < -0.4 is 15.9 Å². The van der Waals surface area contributed by atoms with Crippen molar-refractivity contribution in [2.75, 3.05) is 0 Å². The van der Waals surface area contributed by atoms with Crippen LogP contribution >= 0.6 is 7.05 Å². The van der Waals surface area contributed by atoms with Gasteiger partial charge in [0, 0.05) is 21.5 Å². The highest BCUT2D eigenvalue weighted by molar-refractivity contribution is 7.87. The summed E-state index contributed by atoms with van der Waals surface area (Å²) in [6.45, 7) is 0. The molecular formula is C30H24NOP. The summed E-state index contributed by atoms with van der Waals surface area (Å²) in [7, 11) is -2.32. The van der Waals surface area contributed by atoms with Gasteiger partial charge in [-0.2, -0.15) is 0 Å². The van der Waals surface area contributed by atoms with Crippen LogP contribution in [0.5, 0.6) is 0 Å². The highest BCUT2D eigenvalue weighted by Gasteiger charge is 2.27. The molecule has 0 aliphatic heterocycles. The van der Waals surface area contributed by atoms with Gasteiger partial charge in [-0.3, -0.25) is 4.74 Å². The lowest BCUT2D eigenvalue weighted by molar-refractivity contribution is 0.557.